The average molecular weight is 309 g/mol. The van der Waals surface area contributed by atoms with Crippen molar-refractivity contribution >= 4 is 5.91 Å². The summed E-state index contributed by atoms with van der Waals surface area (Å²) in [6, 6.07) is 14.0. The third-order valence-corrected chi connectivity index (χ3v) is 4.27. The summed E-state index contributed by atoms with van der Waals surface area (Å²) in [5.41, 5.74) is 4.54. The van der Waals surface area contributed by atoms with Crippen molar-refractivity contribution in [2.75, 3.05) is 6.61 Å². The van der Waals surface area contributed by atoms with E-state index in [2.05, 4.69) is 17.4 Å². The molecule has 1 aliphatic carbocycles. The van der Waals surface area contributed by atoms with Crippen molar-refractivity contribution in [3.05, 3.63) is 64.7 Å². The zero-order valence-corrected chi connectivity index (χ0v) is 13.6. The Hall–Kier alpha value is -2.29. The van der Waals surface area contributed by atoms with Gasteiger partial charge in [-0.2, -0.15) is 0 Å². The van der Waals surface area contributed by atoms with Gasteiger partial charge in [0, 0.05) is 12.1 Å². The van der Waals surface area contributed by atoms with Gasteiger partial charge in [-0.15, -0.1) is 0 Å². The van der Waals surface area contributed by atoms with Crippen molar-refractivity contribution in [2.45, 2.75) is 39.2 Å². The Labute approximate surface area is 137 Å². The van der Waals surface area contributed by atoms with Gasteiger partial charge in [0.25, 0.3) is 5.91 Å². The summed E-state index contributed by atoms with van der Waals surface area (Å²) >= 11 is 0. The van der Waals surface area contributed by atoms with Crippen LogP contribution in [-0.2, 0) is 19.4 Å². The molecule has 3 rings (SSSR count). The SMILES string of the molecule is CCOc1cccc(CNC(=O)c2ccc3c(c2)CCCC3)c1. The lowest BCUT2D eigenvalue weighted by Crippen LogP contribution is -2.23. The lowest BCUT2D eigenvalue weighted by atomic mass is 9.90. The molecule has 120 valence electrons. The lowest BCUT2D eigenvalue weighted by Gasteiger charge is -2.16. The second-order valence-electron chi connectivity index (χ2n) is 5.95. The molecule has 0 radical (unpaired) electrons. The standard InChI is InChI=1S/C20H23NO2/c1-2-23-19-9-5-6-15(12-19)14-21-20(22)18-11-10-16-7-3-4-8-17(16)13-18/h5-6,9-13H,2-4,7-8,14H2,1H3,(H,21,22). The van der Waals surface area contributed by atoms with Crippen LogP contribution >= 0.6 is 0 Å². The second kappa shape index (κ2) is 7.32. The highest BCUT2D eigenvalue weighted by Crippen LogP contribution is 2.22. The highest BCUT2D eigenvalue weighted by molar-refractivity contribution is 5.94. The summed E-state index contributed by atoms with van der Waals surface area (Å²) in [6.45, 7) is 3.12. The van der Waals surface area contributed by atoms with E-state index in [-0.39, 0.29) is 5.91 Å². The molecule has 1 N–H and O–H groups in total. The molecule has 1 aliphatic rings. The first kappa shape index (κ1) is 15.6. The van der Waals surface area contributed by atoms with E-state index in [1.54, 1.807) is 0 Å². The van der Waals surface area contributed by atoms with Crippen LogP contribution in [0.4, 0.5) is 0 Å². The number of fused-ring (bicyclic) bond motifs is 1. The van der Waals surface area contributed by atoms with Gasteiger partial charge >= 0.3 is 0 Å². The van der Waals surface area contributed by atoms with Gasteiger partial charge in [-0.3, -0.25) is 4.79 Å². The van der Waals surface area contributed by atoms with Crippen molar-refractivity contribution < 1.29 is 9.53 Å². The molecule has 0 aromatic heterocycles. The molecule has 23 heavy (non-hydrogen) atoms. The van der Waals surface area contributed by atoms with Crippen LogP contribution in [-0.4, -0.2) is 12.5 Å². The van der Waals surface area contributed by atoms with E-state index in [4.69, 9.17) is 4.74 Å². The quantitative estimate of drug-likeness (QED) is 0.910. The smallest absolute Gasteiger partial charge is 0.251 e. The molecule has 0 atom stereocenters. The Morgan fingerprint density at radius 3 is 2.74 bits per heavy atom. The van der Waals surface area contributed by atoms with Gasteiger partial charge in [-0.25, -0.2) is 0 Å². The monoisotopic (exact) mass is 309 g/mol. The van der Waals surface area contributed by atoms with Crippen molar-refractivity contribution in [3.63, 3.8) is 0 Å². The predicted octanol–water partition coefficient (Wildman–Crippen LogP) is 3.89. The fourth-order valence-electron chi connectivity index (χ4n) is 3.07. The maximum absolute atomic E-state index is 12.4. The van der Waals surface area contributed by atoms with E-state index in [0.29, 0.717) is 13.2 Å². The molecular weight excluding hydrogens is 286 g/mol. The van der Waals surface area contributed by atoms with Crippen LogP contribution in [0.25, 0.3) is 0 Å². The molecule has 0 saturated heterocycles. The fourth-order valence-corrected chi connectivity index (χ4v) is 3.07. The minimum Gasteiger partial charge on any atom is -0.494 e. The molecule has 0 spiro atoms. The molecule has 1 amide bonds. The van der Waals surface area contributed by atoms with Gasteiger partial charge in [0.05, 0.1) is 6.61 Å². The maximum atomic E-state index is 12.4. The molecule has 0 bridgehead atoms. The molecule has 0 aliphatic heterocycles. The number of nitrogens with one attached hydrogen (secondary N) is 1. The number of carbonyl (C=O) groups is 1. The summed E-state index contributed by atoms with van der Waals surface area (Å²) in [4.78, 5) is 12.4. The number of amides is 1. The molecule has 2 aromatic carbocycles. The topological polar surface area (TPSA) is 38.3 Å². The second-order valence-corrected chi connectivity index (χ2v) is 5.95. The zero-order valence-electron chi connectivity index (χ0n) is 13.6. The van der Waals surface area contributed by atoms with Crippen molar-refractivity contribution in [2.24, 2.45) is 0 Å². The Bertz CT molecular complexity index is 694. The third-order valence-electron chi connectivity index (χ3n) is 4.27. The van der Waals surface area contributed by atoms with Gasteiger partial charge in [0.15, 0.2) is 0 Å². The first-order valence-electron chi connectivity index (χ1n) is 8.38. The molecule has 0 heterocycles. The largest absolute Gasteiger partial charge is 0.494 e. The Morgan fingerprint density at radius 1 is 1.09 bits per heavy atom. The van der Waals surface area contributed by atoms with Crippen molar-refractivity contribution in [3.8, 4) is 5.75 Å². The summed E-state index contributed by atoms with van der Waals surface area (Å²) in [5, 5.41) is 3.00. The van der Waals surface area contributed by atoms with Gasteiger partial charge in [0.2, 0.25) is 0 Å². The normalized spacial score (nSPS) is 13.3. The van der Waals surface area contributed by atoms with Crippen LogP contribution < -0.4 is 10.1 Å². The number of rotatable bonds is 5. The number of aryl methyl sites for hydroxylation is 2. The van der Waals surface area contributed by atoms with E-state index < -0.39 is 0 Å². The summed E-state index contributed by atoms with van der Waals surface area (Å²) < 4.78 is 5.49. The molecule has 2 aromatic rings. The average Bonchev–Trinajstić information content (AvgIpc) is 2.60. The Morgan fingerprint density at radius 2 is 1.91 bits per heavy atom. The van der Waals surface area contributed by atoms with Crippen LogP contribution in [0.2, 0.25) is 0 Å². The molecular formula is C20H23NO2. The summed E-state index contributed by atoms with van der Waals surface area (Å²) in [5.74, 6) is 0.827. The van der Waals surface area contributed by atoms with Crippen LogP contribution in [0.5, 0.6) is 5.75 Å². The van der Waals surface area contributed by atoms with Crippen LogP contribution in [0, 0.1) is 0 Å². The van der Waals surface area contributed by atoms with Gasteiger partial charge in [-0.05, 0) is 73.6 Å². The molecule has 0 unspecified atom stereocenters. The van der Waals surface area contributed by atoms with Gasteiger partial charge in [-0.1, -0.05) is 18.2 Å². The minimum atomic E-state index is -0.0137. The van der Waals surface area contributed by atoms with E-state index >= 15 is 0 Å². The molecule has 3 heteroatoms. The van der Waals surface area contributed by atoms with E-state index in [1.807, 2.05) is 37.3 Å². The number of ether oxygens (including phenoxy) is 1. The molecule has 0 fully saturated rings. The lowest BCUT2D eigenvalue weighted by molar-refractivity contribution is 0.0950. The number of benzene rings is 2. The summed E-state index contributed by atoms with van der Waals surface area (Å²) in [6.07, 6.45) is 4.71. The van der Waals surface area contributed by atoms with E-state index in [9.17, 15) is 4.79 Å². The Kier molecular flexibility index (Phi) is 4.96. The van der Waals surface area contributed by atoms with Crippen LogP contribution in [0.1, 0.15) is 46.8 Å². The van der Waals surface area contributed by atoms with Crippen molar-refractivity contribution in [1.29, 1.82) is 0 Å². The van der Waals surface area contributed by atoms with Crippen LogP contribution in [0.3, 0.4) is 0 Å². The highest BCUT2D eigenvalue weighted by atomic mass is 16.5. The maximum Gasteiger partial charge on any atom is 0.251 e. The van der Waals surface area contributed by atoms with Gasteiger partial charge in [0.1, 0.15) is 5.75 Å². The highest BCUT2D eigenvalue weighted by Gasteiger charge is 2.12. The minimum absolute atomic E-state index is 0.0137. The zero-order chi connectivity index (χ0) is 16.1. The predicted molar refractivity (Wildman–Crippen MR) is 91.9 cm³/mol. The number of hydrogen-bond acceptors (Lipinski definition) is 2. The van der Waals surface area contributed by atoms with E-state index in [0.717, 1.165) is 29.7 Å². The van der Waals surface area contributed by atoms with Crippen LogP contribution in [0.15, 0.2) is 42.5 Å². The van der Waals surface area contributed by atoms with Crippen molar-refractivity contribution in [1.82, 2.24) is 5.32 Å². The summed E-state index contributed by atoms with van der Waals surface area (Å²) in [7, 11) is 0. The fraction of sp³-hybridized carbons (Fsp3) is 0.350. The number of hydrogen-bond donors (Lipinski definition) is 1. The first-order chi connectivity index (χ1) is 11.3. The third kappa shape index (κ3) is 3.92. The molecule has 3 nitrogen and oxygen atoms in total. The Balaban J connectivity index is 1.64. The molecule has 0 saturated carbocycles. The van der Waals surface area contributed by atoms with E-state index in [1.165, 1.54) is 24.0 Å². The van der Waals surface area contributed by atoms with Gasteiger partial charge < -0.3 is 10.1 Å². The number of carbonyl (C=O) groups excluding carboxylic acids is 1. The first-order valence-corrected chi connectivity index (χ1v) is 8.38.